The van der Waals surface area contributed by atoms with Gasteiger partial charge in [-0.3, -0.25) is 0 Å². The highest BCUT2D eigenvalue weighted by Gasteiger charge is 2.33. The number of halogens is 5. The third-order valence-corrected chi connectivity index (χ3v) is 2.11. The molecule has 16 heavy (non-hydrogen) atoms. The van der Waals surface area contributed by atoms with Crippen LogP contribution in [0.4, 0.5) is 17.6 Å². The van der Waals surface area contributed by atoms with Gasteiger partial charge in [-0.25, -0.2) is 4.39 Å². The molecule has 1 rings (SSSR count). The standard InChI is InChI=1S/C10H9ClF4O/c11-6-2-4-7-3-1-5-8(12)9(7)16-10(13,14)15/h1,3,5H,2,4,6H2. The van der Waals surface area contributed by atoms with Crippen LogP contribution < -0.4 is 4.74 Å². The number of benzene rings is 1. The molecule has 1 nitrogen and oxygen atoms in total. The molecule has 0 heterocycles. The van der Waals surface area contributed by atoms with E-state index in [1.807, 2.05) is 0 Å². The van der Waals surface area contributed by atoms with Crippen LogP contribution in [0.15, 0.2) is 18.2 Å². The first-order valence-corrected chi connectivity index (χ1v) is 5.06. The Morgan fingerprint density at radius 1 is 1.25 bits per heavy atom. The van der Waals surface area contributed by atoms with Gasteiger partial charge in [-0.15, -0.1) is 24.8 Å². The van der Waals surface area contributed by atoms with Crippen LogP contribution >= 0.6 is 11.6 Å². The molecule has 90 valence electrons. The van der Waals surface area contributed by atoms with Crippen LogP contribution in [-0.2, 0) is 6.42 Å². The maximum absolute atomic E-state index is 13.1. The second-order valence-electron chi connectivity index (χ2n) is 3.07. The summed E-state index contributed by atoms with van der Waals surface area (Å²) in [6, 6.07) is 3.64. The van der Waals surface area contributed by atoms with E-state index in [-0.39, 0.29) is 12.0 Å². The van der Waals surface area contributed by atoms with Crippen molar-refractivity contribution < 1.29 is 22.3 Å². The molecule has 0 radical (unpaired) electrons. The fraction of sp³-hybridized carbons (Fsp3) is 0.400. The van der Waals surface area contributed by atoms with Gasteiger partial charge in [-0.05, 0) is 24.5 Å². The Morgan fingerprint density at radius 3 is 2.50 bits per heavy atom. The van der Waals surface area contributed by atoms with Crippen LogP contribution in [0, 0.1) is 5.82 Å². The lowest BCUT2D eigenvalue weighted by atomic mass is 10.1. The van der Waals surface area contributed by atoms with Gasteiger partial charge in [0.2, 0.25) is 0 Å². The fourth-order valence-electron chi connectivity index (χ4n) is 1.24. The minimum absolute atomic E-state index is 0.165. The minimum Gasteiger partial charge on any atom is -0.402 e. The molecule has 1 aromatic carbocycles. The molecule has 0 bridgehead atoms. The molecular weight excluding hydrogens is 248 g/mol. The molecule has 1 aromatic rings. The van der Waals surface area contributed by atoms with Crippen molar-refractivity contribution in [3.8, 4) is 5.75 Å². The molecule has 0 aromatic heterocycles. The van der Waals surface area contributed by atoms with E-state index in [0.717, 1.165) is 6.07 Å². The highest BCUT2D eigenvalue weighted by molar-refractivity contribution is 6.17. The zero-order valence-corrected chi connectivity index (χ0v) is 8.91. The second kappa shape index (κ2) is 5.39. The first-order chi connectivity index (χ1) is 7.44. The van der Waals surface area contributed by atoms with Crippen LogP contribution in [-0.4, -0.2) is 12.2 Å². The van der Waals surface area contributed by atoms with Gasteiger partial charge in [-0.1, -0.05) is 12.1 Å². The zero-order valence-electron chi connectivity index (χ0n) is 8.15. The minimum atomic E-state index is -4.89. The maximum Gasteiger partial charge on any atom is 0.573 e. The number of hydrogen-bond donors (Lipinski definition) is 0. The molecule has 0 fully saturated rings. The smallest absolute Gasteiger partial charge is 0.402 e. The van der Waals surface area contributed by atoms with E-state index in [1.54, 1.807) is 0 Å². The van der Waals surface area contributed by atoms with Crippen molar-refractivity contribution in [3.63, 3.8) is 0 Å². The van der Waals surface area contributed by atoms with E-state index in [9.17, 15) is 17.6 Å². The van der Waals surface area contributed by atoms with E-state index in [0.29, 0.717) is 12.3 Å². The SMILES string of the molecule is Fc1cccc(CCCCl)c1OC(F)(F)F. The van der Waals surface area contributed by atoms with Crippen LogP contribution in [0.3, 0.4) is 0 Å². The Balaban J connectivity index is 2.94. The summed E-state index contributed by atoms with van der Waals surface area (Å²) in [4.78, 5) is 0. The van der Waals surface area contributed by atoms with Gasteiger partial charge in [0.15, 0.2) is 11.6 Å². The molecule has 0 N–H and O–H groups in total. The highest BCUT2D eigenvalue weighted by atomic mass is 35.5. The summed E-state index contributed by atoms with van der Waals surface area (Å²) in [5, 5.41) is 0. The number of rotatable bonds is 4. The number of alkyl halides is 4. The Bertz CT molecular complexity index is 351. The molecule has 0 atom stereocenters. The normalized spacial score (nSPS) is 11.6. The molecule has 0 aliphatic rings. The lowest BCUT2D eigenvalue weighted by molar-refractivity contribution is -0.275. The molecule has 0 amide bonds. The van der Waals surface area contributed by atoms with Crippen LogP contribution in [0.25, 0.3) is 0 Å². The van der Waals surface area contributed by atoms with Gasteiger partial charge in [0.1, 0.15) is 0 Å². The average molecular weight is 257 g/mol. The van der Waals surface area contributed by atoms with Crippen molar-refractivity contribution in [2.75, 3.05) is 5.88 Å². The number of para-hydroxylation sites is 1. The molecular formula is C10H9ClF4O. The third-order valence-electron chi connectivity index (χ3n) is 1.85. The summed E-state index contributed by atoms with van der Waals surface area (Å²) in [5.74, 6) is -1.49. The van der Waals surface area contributed by atoms with E-state index < -0.39 is 17.9 Å². The van der Waals surface area contributed by atoms with Gasteiger partial charge >= 0.3 is 6.36 Å². The van der Waals surface area contributed by atoms with Crippen molar-refractivity contribution in [2.24, 2.45) is 0 Å². The maximum atomic E-state index is 13.1. The third kappa shape index (κ3) is 3.89. The van der Waals surface area contributed by atoms with Gasteiger partial charge in [0.25, 0.3) is 0 Å². The molecule has 0 saturated heterocycles. The van der Waals surface area contributed by atoms with E-state index in [2.05, 4.69) is 4.74 Å². The molecule has 0 aliphatic heterocycles. The summed E-state index contributed by atoms with van der Waals surface area (Å²) in [5.41, 5.74) is 0.165. The largest absolute Gasteiger partial charge is 0.573 e. The summed E-state index contributed by atoms with van der Waals surface area (Å²) in [7, 11) is 0. The van der Waals surface area contributed by atoms with E-state index in [4.69, 9.17) is 11.6 Å². The summed E-state index contributed by atoms with van der Waals surface area (Å²) in [6.45, 7) is 0. The van der Waals surface area contributed by atoms with Gasteiger partial charge in [0.05, 0.1) is 0 Å². The highest BCUT2D eigenvalue weighted by Crippen LogP contribution is 2.29. The lowest BCUT2D eigenvalue weighted by Crippen LogP contribution is -2.19. The number of ether oxygens (including phenoxy) is 1. The molecule has 0 spiro atoms. The predicted octanol–water partition coefficient (Wildman–Crippen LogP) is 3.90. The predicted molar refractivity (Wildman–Crippen MR) is 52.1 cm³/mol. The Morgan fingerprint density at radius 2 is 1.94 bits per heavy atom. The van der Waals surface area contributed by atoms with Crippen molar-refractivity contribution >= 4 is 11.6 Å². The molecule has 6 heteroatoms. The van der Waals surface area contributed by atoms with E-state index >= 15 is 0 Å². The van der Waals surface area contributed by atoms with Crippen molar-refractivity contribution in [1.29, 1.82) is 0 Å². The summed E-state index contributed by atoms with van der Waals surface area (Å²) >= 11 is 5.42. The Kier molecular flexibility index (Phi) is 4.41. The van der Waals surface area contributed by atoms with Crippen molar-refractivity contribution in [2.45, 2.75) is 19.2 Å². The first kappa shape index (κ1) is 13.1. The quantitative estimate of drug-likeness (QED) is 0.586. The lowest BCUT2D eigenvalue weighted by Gasteiger charge is -2.13. The average Bonchev–Trinajstić information content (AvgIpc) is 2.17. The van der Waals surface area contributed by atoms with Gasteiger partial charge < -0.3 is 4.74 Å². The number of aryl methyl sites for hydroxylation is 1. The summed E-state index contributed by atoms with van der Waals surface area (Å²) in [6.07, 6.45) is -4.19. The second-order valence-corrected chi connectivity index (χ2v) is 3.45. The monoisotopic (exact) mass is 256 g/mol. The van der Waals surface area contributed by atoms with Crippen LogP contribution in [0.5, 0.6) is 5.75 Å². The van der Waals surface area contributed by atoms with Crippen molar-refractivity contribution in [3.05, 3.63) is 29.6 Å². The van der Waals surface area contributed by atoms with E-state index in [1.165, 1.54) is 12.1 Å². The van der Waals surface area contributed by atoms with Crippen LogP contribution in [0.2, 0.25) is 0 Å². The van der Waals surface area contributed by atoms with Gasteiger partial charge in [0, 0.05) is 5.88 Å². The Hall–Kier alpha value is -0.970. The Labute approximate surface area is 95.0 Å². The number of hydrogen-bond acceptors (Lipinski definition) is 1. The van der Waals surface area contributed by atoms with Crippen molar-refractivity contribution in [1.82, 2.24) is 0 Å². The topological polar surface area (TPSA) is 9.23 Å². The fourth-order valence-corrected chi connectivity index (χ4v) is 1.37. The molecule has 0 aliphatic carbocycles. The summed E-state index contributed by atoms with van der Waals surface area (Å²) < 4.78 is 52.8. The van der Waals surface area contributed by atoms with Gasteiger partial charge in [-0.2, -0.15) is 0 Å². The first-order valence-electron chi connectivity index (χ1n) is 4.53. The molecule has 0 unspecified atom stereocenters. The zero-order chi connectivity index (χ0) is 12.2. The van der Waals surface area contributed by atoms with Crippen LogP contribution in [0.1, 0.15) is 12.0 Å². The molecule has 0 saturated carbocycles.